The molecule has 0 bridgehead atoms. The Hall–Kier alpha value is 0.270. The van der Waals surface area contributed by atoms with Gasteiger partial charge in [-0.3, -0.25) is 0 Å². The van der Waals surface area contributed by atoms with Gasteiger partial charge in [0.1, 0.15) is 0 Å². The predicted molar refractivity (Wildman–Crippen MR) is 87.1 cm³/mol. The quantitative estimate of drug-likeness (QED) is 0.595. The maximum absolute atomic E-state index is 3.73. The number of nitrogens with zero attached hydrogens (tertiary/aromatic N) is 1. The van der Waals surface area contributed by atoms with Gasteiger partial charge in [-0.05, 0) is 31.2 Å². The lowest BCUT2D eigenvalue weighted by Gasteiger charge is -2.39. The zero-order chi connectivity index (χ0) is 13.4. The third-order valence-electron chi connectivity index (χ3n) is 4.75. The van der Waals surface area contributed by atoms with Gasteiger partial charge in [0.15, 0.2) is 0 Å². The van der Waals surface area contributed by atoms with Crippen LogP contribution in [0.2, 0.25) is 0 Å². The minimum Gasteiger partial charge on any atom is -0.316 e. The molecule has 2 rings (SSSR count). The van der Waals surface area contributed by atoms with E-state index < -0.39 is 0 Å². The van der Waals surface area contributed by atoms with E-state index in [1.165, 1.54) is 89.2 Å². The Morgan fingerprint density at radius 1 is 1.05 bits per heavy atom. The molecule has 0 radical (unpaired) electrons. The van der Waals surface area contributed by atoms with Crippen LogP contribution < -0.4 is 5.32 Å². The average molecular weight is 285 g/mol. The highest BCUT2D eigenvalue weighted by Gasteiger charge is 2.32. The van der Waals surface area contributed by atoms with Gasteiger partial charge >= 0.3 is 0 Å². The zero-order valence-corrected chi connectivity index (χ0v) is 13.6. The van der Waals surface area contributed by atoms with Gasteiger partial charge in [-0.25, -0.2) is 0 Å². The van der Waals surface area contributed by atoms with E-state index in [0.29, 0.717) is 5.41 Å². The number of nitrogens with one attached hydrogen (secondary N) is 1. The van der Waals surface area contributed by atoms with Crippen molar-refractivity contribution < 1.29 is 0 Å². The molecule has 19 heavy (non-hydrogen) atoms. The Labute approximate surface area is 124 Å². The molecule has 0 unspecified atom stereocenters. The summed E-state index contributed by atoms with van der Waals surface area (Å²) in [6.07, 6.45) is 10.0. The molecule has 0 aromatic rings. The minimum atomic E-state index is 0.577. The van der Waals surface area contributed by atoms with Gasteiger partial charge < -0.3 is 10.2 Å². The van der Waals surface area contributed by atoms with Crippen LogP contribution in [0.5, 0.6) is 0 Å². The van der Waals surface area contributed by atoms with E-state index in [-0.39, 0.29) is 0 Å². The van der Waals surface area contributed by atoms with E-state index in [9.17, 15) is 0 Å². The standard InChI is InChI=1S/C16H32N2S/c1-2-9-17-14-16(7-5-3-4-6-8-16)15-18-10-12-19-13-11-18/h17H,2-15H2,1H3. The molecule has 1 saturated heterocycles. The molecule has 112 valence electrons. The molecule has 3 heteroatoms. The first kappa shape index (κ1) is 15.7. The van der Waals surface area contributed by atoms with E-state index in [4.69, 9.17) is 0 Å². The first-order valence-electron chi connectivity index (χ1n) is 8.35. The van der Waals surface area contributed by atoms with Crippen LogP contribution >= 0.6 is 11.8 Å². The normalized spacial score (nSPS) is 25.1. The maximum atomic E-state index is 3.73. The van der Waals surface area contributed by atoms with Gasteiger partial charge in [0.05, 0.1) is 0 Å². The second-order valence-electron chi connectivity index (χ2n) is 6.48. The SMILES string of the molecule is CCCNCC1(CN2CCSCC2)CCCCCC1. The topological polar surface area (TPSA) is 15.3 Å². The maximum Gasteiger partial charge on any atom is 0.00729 e. The Morgan fingerprint density at radius 3 is 2.37 bits per heavy atom. The summed E-state index contributed by atoms with van der Waals surface area (Å²) >= 11 is 2.13. The molecule has 2 nitrogen and oxygen atoms in total. The molecule has 0 spiro atoms. The zero-order valence-electron chi connectivity index (χ0n) is 12.8. The first-order valence-corrected chi connectivity index (χ1v) is 9.51. The fourth-order valence-corrected chi connectivity index (χ4v) is 4.61. The summed E-state index contributed by atoms with van der Waals surface area (Å²) in [6, 6.07) is 0. The van der Waals surface area contributed by atoms with Crippen molar-refractivity contribution in [3.8, 4) is 0 Å². The van der Waals surface area contributed by atoms with E-state index in [0.717, 1.165) is 0 Å². The van der Waals surface area contributed by atoms with Gasteiger partial charge in [-0.1, -0.05) is 32.6 Å². The van der Waals surface area contributed by atoms with Crippen LogP contribution in [0.1, 0.15) is 51.9 Å². The van der Waals surface area contributed by atoms with Gasteiger partial charge in [-0.2, -0.15) is 11.8 Å². The summed E-state index contributed by atoms with van der Waals surface area (Å²) in [5.74, 6) is 2.69. The number of hydrogen-bond acceptors (Lipinski definition) is 3. The van der Waals surface area contributed by atoms with E-state index in [1.54, 1.807) is 0 Å². The average Bonchev–Trinajstić information content (AvgIpc) is 2.66. The lowest BCUT2D eigenvalue weighted by molar-refractivity contribution is 0.135. The van der Waals surface area contributed by atoms with Gasteiger partial charge in [0.2, 0.25) is 0 Å². The van der Waals surface area contributed by atoms with E-state index in [2.05, 4.69) is 28.9 Å². The third-order valence-corrected chi connectivity index (χ3v) is 5.70. The second kappa shape index (κ2) is 8.53. The summed E-state index contributed by atoms with van der Waals surface area (Å²) in [5.41, 5.74) is 0.577. The fraction of sp³-hybridized carbons (Fsp3) is 1.00. The first-order chi connectivity index (χ1) is 9.35. The molecule has 1 aliphatic heterocycles. The van der Waals surface area contributed by atoms with Crippen molar-refractivity contribution in [1.29, 1.82) is 0 Å². The fourth-order valence-electron chi connectivity index (χ4n) is 3.63. The van der Waals surface area contributed by atoms with E-state index >= 15 is 0 Å². The number of rotatable bonds is 6. The molecule has 1 heterocycles. The Bertz CT molecular complexity index is 231. The minimum absolute atomic E-state index is 0.577. The highest BCUT2D eigenvalue weighted by atomic mass is 32.2. The molecular weight excluding hydrogens is 252 g/mol. The second-order valence-corrected chi connectivity index (χ2v) is 7.70. The largest absolute Gasteiger partial charge is 0.316 e. The molecule has 0 aromatic carbocycles. The summed E-state index contributed by atoms with van der Waals surface area (Å²) < 4.78 is 0. The van der Waals surface area contributed by atoms with Crippen LogP contribution in [-0.2, 0) is 0 Å². The van der Waals surface area contributed by atoms with Crippen molar-refractivity contribution in [3.05, 3.63) is 0 Å². The highest BCUT2D eigenvalue weighted by molar-refractivity contribution is 7.99. The Kier molecular flexibility index (Phi) is 7.03. The molecule has 2 fully saturated rings. The molecule has 1 aliphatic carbocycles. The van der Waals surface area contributed by atoms with Crippen LogP contribution in [0.15, 0.2) is 0 Å². The molecular formula is C16H32N2S. The molecule has 1 N–H and O–H groups in total. The lowest BCUT2D eigenvalue weighted by atomic mass is 9.79. The van der Waals surface area contributed by atoms with Crippen LogP contribution in [0.25, 0.3) is 0 Å². The summed E-state index contributed by atoms with van der Waals surface area (Å²) in [4.78, 5) is 2.75. The molecule has 0 atom stereocenters. The lowest BCUT2D eigenvalue weighted by Crippen LogP contribution is -2.46. The molecule has 1 saturated carbocycles. The van der Waals surface area contributed by atoms with Gasteiger partial charge in [-0.15, -0.1) is 0 Å². The van der Waals surface area contributed by atoms with Crippen LogP contribution in [-0.4, -0.2) is 49.1 Å². The van der Waals surface area contributed by atoms with E-state index in [1.807, 2.05) is 0 Å². The van der Waals surface area contributed by atoms with Crippen molar-refractivity contribution in [2.24, 2.45) is 5.41 Å². The smallest absolute Gasteiger partial charge is 0.00729 e. The van der Waals surface area contributed by atoms with Crippen molar-refractivity contribution in [2.75, 3.05) is 44.2 Å². The summed E-state index contributed by atoms with van der Waals surface area (Å²) in [6.45, 7) is 8.71. The van der Waals surface area contributed by atoms with Crippen molar-refractivity contribution in [3.63, 3.8) is 0 Å². The number of thioether (sulfide) groups is 1. The van der Waals surface area contributed by atoms with Gasteiger partial charge in [0.25, 0.3) is 0 Å². The summed E-state index contributed by atoms with van der Waals surface area (Å²) in [5, 5.41) is 3.73. The molecule has 2 aliphatic rings. The van der Waals surface area contributed by atoms with Crippen LogP contribution in [0.3, 0.4) is 0 Å². The van der Waals surface area contributed by atoms with Crippen LogP contribution in [0.4, 0.5) is 0 Å². The third kappa shape index (κ3) is 5.28. The predicted octanol–water partition coefficient (Wildman–Crippen LogP) is 3.38. The number of hydrogen-bond donors (Lipinski definition) is 1. The summed E-state index contributed by atoms with van der Waals surface area (Å²) in [7, 11) is 0. The monoisotopic (exact) mass is 284 g/mol. The van der Waals surface area contributed by atoms with Crippen LogP contribution in [0, 0.1) is 5.41 Å². The Balaban J connectivity index is 1.90. The highest BCUT2D eigenvalue weighted by Crippen LogP contribution is 2.36. The van der Waals surface area contributed by atoms with Crippen molar-refractivity contribution in [1.82, 2.24) is 10.2 Å². The Morgan fingerprint density at radius 2 is 1.74 bits per heavy atom. The molecule has 0 aromatic heterocycles. The van der Waals surface area contributed by atoms with Crippen molar-refractivity contribution >= 4 is 11.8 Å². The van der Waals surface area contributed by atoms with Gasteiger partial charge in [0, 0.05) is 37.7 Å². The van der Waals surface area contributed by atoms with Crippen molar-refractivity contribution in [2.45, 2.75) is 51.9 Å². The molecule has 0 amide bonds.